The molecule has 0 aromatic heterocycles. The summed E-state index contributed by atoms with van der Waals surface area (Å²) >= 11 is 0. The molecule has 0 amide bonds. The lowest BCUT2D eigenvalue weighted by Crippen LogP contribution is -2.15. The lowest BCUT2D eigenvalue weighted by Gasteiger charge is -2.26. The summed E-state index contributed by atoms with van der Waals surface area (Å²) in [5.41, 5.74) is 2.07. The molecular weight excluding hydrogens is 259 g/mol. The molecule has 1 aliphatic rings. The number of ether oxygens (including phenoxy) is 1. The number of carboxylic acid groups (broad SMARTS) is 1. The zero-order valence-corrected chi connectivity index (χ0v) is 10.7. The minimum atomic E-state index is -0.943. The fourth-order valence-corrected chi connectivity index (χ4v) is 2.43. The van der Waals surface area contributed by atoms with Crippen LogP contribution in [-0.2, 0) is 6.42 Å². The maximum absolute atomic E-state index is 13.1. The van der Waals surface area contributed by atoms with Crippen LogP contribution in [0.2, 0.25) is 0 Å². The van der Waals surface area contributed by atoms with E-state index in [1.54, 1.807) is 30.3 Å². The topological polar surface area (TPSA) is 46.5 Å². The molecule has 4 heteroatoms. The number of hydrogen-bond acceptors (Lipinski definition) is 2. The third-order valence-corrected chi connectivity index (χ3v) is 3.50. The minimum absolute atomic E-state index is 0.115. The second kappa shape index (κ2) is 4.96. The van der Waals surface area contributed by atoms with Crippen LogP contribution in [0, 0.1) is 5.82 Å². The highest BCUT2D eigenvalue weighted by molar-refractivity contribution is 5.87. The molecule has 3 rings (SSSR count). The fourth-order valence-electron chi connectivity index (χ4n) is 2.43. The number of aromatic carboxylic acids is 1. The third-order valence-electron chi connectivity index (χ3n) is 3.50. The predicted octanol–water partition coefficient (Wildman–Crippen LogP) is 3.59. The van der Waals surface area contributed by atoms with Crippen molar-refractivity contribution < 1.29 is 19.0 Å². The second-order valence-electron chi connectivity index (χ2n) is 4.82. The van der Waals surface area contributed by atoms with Crippen LogP contribution in [0.15, 0.2) is 42.5 Å². The molecule has 3 nitrogen and oxygen atoms in total. The van der Waals surface area contributed by atoms with Crippen LogP contribution in [-0.4, -0.2) is 11.1 Å². The smallest absolute Gasteiger partial charge is 0.335 e. The summed E-state index contributed by atoms with van der Waals surface area (Å²) in [5.74, 6) is -0.497. The van der Waals surface area contributed by atoms with Gasteiger partial charge in [-0.25, -0.2) is 9.18 Å². The summed E-state index contributed by atoms with van der Waals surface area (Å²) in [5, 5.41) is 8.88. The molecule has 102 valence electrons. The van der Waals surface area contributed by atoms with E-state index in [1.807, 2.05) is 0 Å². The van der Waals surface area contributed by atoms with Crippen molar-refractivity contribution >= 4 is 5.97 Å². The van der Waals surface area contributed by atoms with Gasteiger partial charge in [-0.1, -0.05) is 12.1 Å². The quantitative estimate of drug-likeness (QED) is 0.908. The Balaban J connectivity index is 1.83. The van der Waals surface area contributed by atoms with Crippen LogP contribution >= 0.6 is 0 Å². The number of carbonyl (C=O) groups is 1. The van der Waals surface area contributed by atoms with Crippen molar-refractivity contribution in [1.29, 1.82) is 0 Å². The molecule has 0 saturated carbocycles. The van der Waals surface area contributed by atoms with Gasteiger partial charge in [0.2, 0.25) is 0 Å². The average molecular weight is 272 g/mol. The zero-order chi connectivity index (χ0) is 14.1. The number of benzene rings is 2. The van der Waals surface area contributed by atoms with Gasteiger partial charge in [-0.3, -0.25) is 0 Å². The lowest BCUT2D eigenvalue weighted by molar-refractivity contribution is 0.0696. The van der Waals surface area contributed by atoms with Crippen LogP contribution in [0.25, 0.3) is 0 Å². The van der Waals surface area contributed by atoms with Gasteiger partial charge in [-0.15, -0.1) is 0 Å². The monoisotopic (exact) mass is 272 g/mol. The number of fused-ring (bicyclic) bond motifs is 1. The standard InChI is InChI=1S/C16H13FO3/c17-13-6-8-15-12(9-13)5-7-14(20-15)10-1-3-11(4-2-10)16(18)19/h1-4,6,8-9,14H,5,7H2,(H,18,19). The normalized spacial score (nSPS) is 17.1. The number of rotatable bonds is 2. The van der Waals surface area contributed by atoms with Crippen LogP contribution in [0.3, 0.4) is 0 Å². The van der Waals surface area contributed by atoms with Gasteiger partial charge in [0.05, 0.1) is 5.56 Å². The van der Waals surface area contributed by atoms with Crippen LogP contribution in [0.4, 0.5) is 4.39 Å². The van der Waals surface area contributed by atoms with Crippen LogP contribution < -0.4 is 4.74 Å². The van der Waals surface area contributed by atoms with Gasteiger partial charge in [-0.2, -0.15) is 0 Å². The molecule has 1 N–H and O–H groups in total. The highest BCUT2D eigenvalue weighted by Gasteiger charge is 2.21. The van der Waals surface area contributed by atoms with Gasteiger partial charge < -0.3 is 9.84 Å². The molecule has 2 aromatic carbocycles. The van der Waals surface area contributed by atoms with Gasteiger partial charge in [-0.05, 0) is 54.3 Å². The Kier molecular flexibility index (Phi) is 3.14. The Bertz CT molecular complexity index is 649. The molecule has 0 fully saturated rings. The number of carboxylic acids is 1. The van der Waals surface area contributed by atoms with Crippen LogP contribution in [0.5, 0.6) is 5.75 Å². The summed E-state index contributed by atoms with van der Waals surface area (Å²) in [4.78, 5) is 10.8. The molecule has 0 aliphatic carbocycles. The number of aryl methyl sites for hydroxylation is 1. The average Bonchev–Trinajstić information content (AvgIpc) is 2.47. The Morgan fingerprint density at radius 3 is 2.65 bits per heavy atom. The van der Waals surface area contributed by atoms with Crippen molar-refractivity contribution in [2.24, 2.45) is 0 Å². The maximum atomic E-state index is 13.1. The minimum Gasteiger partial charge on any atom is -0.485 e. The lowest BCUT2D eigenvalue weighted by atomic mass is 9.97. The van der Waals surface area contributed by atoms with Crippen LogP contribution in [0.1, 0.15) is 34.0 Å². The van der Waals surface area contributed by atoms with E-state index in [1.165, 1.54) is 12.1 Å². The first kappa shape index (κ1) is 12.7. The zero-order valence-electron chi connectivity index (χ0n) is 10.7. The van der Waals surface area contributed by atoms with E-state index in [0.29, 0.717) is 5.75 Å². The van der Waals surface area contributed by atoms with Crippen molar-refractivity contribution in [1.82, 2.24) is 0 Å². The van der Waals surface area contributed by atoms with Crippen molar-refractivity contribution in [3.63, 3.8) is 0 Å². The molecule has 0 spiro atoms. The highest BCUT2D eigenvalue weighted by Crippen LogP contribution is 2.35. The van der Waals surface area contributed by atoms with Crippen molar-refractivity contribution in [3.8, 4) is 5.75 Å². The van der Waals surface area contributed by atoms with E-state index in [4.69, 9.17) is 9.84 Å². The second-order valence-corrected chi connectivity index (χ2v) is 4.82. The van der Waals surface area contributed by atoms with Crippen molar-refractivity contribution in [2.75, 3.05) is 0 Å². The van der Waals surface area contributed by atoms with E-state index < -0.39 is 5.97 Å². The maximum Gasteiger partial charge on any atom is 0.335 e. The molecule has 0 saturated heterocycles. The summed E-state index contributed by atoms with van der Waals surface area (Å²) in [6.45, 7) is 0. The number of hydrogen-bond donors (Lipinski definition) is 1. The molecule has 0 bridgehead atoms. The summed E-state index contributed by atoms with van der Waals surface area (Å²) < 4.78 is 19.0. The molecule has 2 aromatic rings. The summed E-state index contributed by atoms with van der Waals surface area (Å²) in [6, 6.07) is 11.2. The third kappa shape index (κ3) is 2.37. The Morgan fingerprint density at radius 2 is 1.95 bits per heavy atom. The Morgan fingerprint density at radius 1 is 1.20 bits per heavy atom. The fraction of sp³-hybridized carbons (Fsp3) is 0.188. The molecule has 1 aliphatic heterocycles. The first-order chi connectivity index (χ1) is 9.63. The van der Waals surface area contributed by atoms with E-state index >= 15 is 0 Å². The molecular formula is C16H13FO3. The van der Waals surface area contributed by atoms with Gasteiger partial charge in [0.1, 0.15) is 17.7 Å². The summed E-state index contributed by atoms with van der Waals surface area (Å²) in [6.07, 6.45) is 1.39. The van der Waals surface area contributed by atoms with Gasteiger partial charge in [0, 0.05) is 0 Å². The van der Waals surface area contributed by atoms with E-state index in [2.05, 4.69) is 0 Å². The largest absolute Gasteiger partial charge is 0.485 e. The van der Waals surface area contributed by atoms with E-state index in [0.717, 1.165) is 24.0 Å². The molecule has 1 atom stereocenters. The number of halogens is 1. The van der Waals surface area contributed by atoms with Gasteiger partial charge in [0.25, 0.3) is 0 Å². The van der Waals surface area contributed by atoms with Gasteiger partial charge in [0.15, 0.2) is 0 Å². The molecule has 0 radical (unpaired) electrons. The van der Waals surface area contributed by atoms with E-state index in [-0.39, 0.29) is 17.5 Å². The highest BCUT2D eigenvalue weighted by atomic mass is 19.1. The van der Waals surface area contributed by atoms with Crippen molar-refractivity contribution in [2.45, 2.75) is 18.9 Å². The Labute approximate surface area is 115 Å². The molecule has 1 heterocycles. The summed E-state index contributed by atoms with van der Waals surface area (Å²) in [7, 11) is 0. The van der Waals surface area contributed by atoms with E-state index in [9.17, 15) is 9.18 Å². The first-order valence-corrected chi connectivity index (χ1v) is 6.42. The molecule has 1 unspecified atom stereocenters. The van der Waals surface area contributed by atoms with Gasteiger partial charge >= 0.3 is 5.97 Å². The molecule has 20 heavy (non-hydrogen) atoms. The Hall–Kier alpha value is -2.36. The predicted molar refractivity (Wildman–Crippen MR) is 71.5 cm³/mol. The first-order valence-electron chi connectivity index (χ1n) is 6.42. The SMILES string of the molecule is O=C(O)c1ccc(C2CCc3cc(F)ccc3O2)cc1. The van der Waals surface area contributed by atoms with Crippen molar-refractivity contribution in [3.05, 3.63) is 65.0 Å².